The third kappa shape index (κ3) is 2.55. The number of nitrogens with one attached hydrogen (secondary N) is 2. The number of aryl methyl sites for hydroxylation is 1. The predicted octanol–water partition coefficient (Wildman–Crippen LogP) is 2.02. The van der Waals surface area contributed by atoms with Crippen molar-refractivity contribution in [2.45, 2.75) is 6.54 Å². The topological polar surface area (TPSA) is 68.2 Å². The fourth-order valence-electron chi connectivity index (χ4n) is 2.00. The Labute approximate surface area is 120 Å². The third-order valence-electron chi connectivity index (χ3n) is 2.94. The second kappa shape index (κ2) is 5.05. The van der Waals surface area contributed by atoms with E-state index in [2.05, 4.69) is 15.7 Å². The third-order valence-corrected chi connectivity index (χ3v) is 3.26. The maximum atomic E-state index is 11.2. The summed E-state index contributed by atoms with van der Waals surface area (Å²) in [5, 5.41) is 10.6. The van der Waals surface area contributed by atoms with Crippen LogP contribution in [0.15, 0.2) is 24.5 Å². The number of amides is 1. The molecule has 0 bridgehead atoms. The van der Waals surface area contributed by atoms with Crippen LogP contribution in [-0.2, 0) is 18.4 Å². The highest BCUT2D eigenvalue weighted by atomic mass is 35.5. The molecule has 0 saturated carbocycles. The number of ether oxygens (including phenoxy) is 1. The van der Waals surface area contributed by atoms with Gasteiger partial charge in [-0.3, -0.25) is 9.48 Å². The van der Waals surface area contributed by atoms with Gasteiger partial charge in [-0.1, -0.05) is 11.6 Å². The first kappa shape index (κ1) is 12.8. The van der Waals surface area contributed by atoms with E-state index < -0.39 is 0 Å². The van der Waals surface area contributed by atoms with Gasteiger partial charge in [-0.05, 0) is 6.07 Å². The molecule has 1 aromatic heterocycles. The summed E-state index contributed by atoms with van der Waals surface area (Å²) in [7, 11) is 1.87. The first-order valence-corrected chi connectivity index (χ1v) is 6.47. The van der Waals surface area contributed by atoms with Gasteiger partial charge < -0.3 is 15.4 Å². The number of nitrogens with zero attached hydrogens (tertiary/aromatic N) is 2. The van der Waals surface area contributed by atoms with E-state index in [9.17, 15) is 4.79 Å². The van der Waals surface area contributed by atoms with Crippen molar-refractivity contribution in [1.29, 1.82) is 0 Å². The normalized spacial score (nSPS) is 13.4. The van der Waals surface area contributed by atoms with Crippen molar-refractivity contribution in [2.75, 3.05) is 17.2 Å². The molecule has 2 heterocycles. The summed E-state index contributed by atoms with van der Waals surface area (Å²) in [6.07, 6.45) is 3.71. The molecule has 7 heteroatoms. The molecule has 1 aliphatic rings. The van der Waals surface area contributed by atoms with Crippen LogP contribution in [-0.4, -0.2) is 22.3 Å². The molecule has 104 valence electrons. The van der Waals surface area contributed by atoms with Gasteiger partial charge in [-0.15, -0.1) is 0 Å². The van der Waals surface area contributed by atoms with Crippen molar-refractivity contribution in [3.63, 3.8) is 0 Å². The summed E-state index contributed by atoms with van der Waals surface area (Å²) in [6, 6.07) is 3.47. The van der Waals surface area contributed by atoms with Gasteiger partial charge in [-0.2, -0.15) is 5.10 Å². The van der Waals surface area contributed by atoms with Crippen LogP contribution in [0, 0.1) is 0 Å². The number of rotatable bonds is 3. The highest BCUT2D eigenvalue weighted by Crippen LogP contribution is 2.36. The standard InChI is InChI=1S/C13H13ClN4O2/c1-18-6-8(5-16-18)4-15-10-3-12-11(2-9(10)14)17-13(19)7-20-12/h2-3,5-6,15H,4,7H2,1H3,(H,17,19). The number of hydrogen-bond acceptors (Lipinski definition) is 4. The van der Waals surface area contributed by atoms with E-state index in [-0.39, 0.29) is 12.5 Å². The lowest BCUT2D eigenvalue weighted by Crippen LogP contribution is -2.25. The molecule has 0 unspecified atom stereocenters. The molecule has 2 N–H and O–H groups in total. The molecule has 1 amide bonds. The zero-order valence-corrected chi connectivity index (χ0v) is 11.6. The van der Waals surface area contributed by atoms with Gasteiger partial charge in [-0.25, -0.2) is 0 Å². The lowest BCUT2D eigenvalue weighted by atomic mass is 10.2. The van der Waals surface area contributed by atoms with Crippen molar-refractivity contribution in [3.8, 4) is 5.75 Å². The van der Waals surface area contributed by atoms with Crippen LogP contribution in [0.2, 0.25) is 5.02 Å². The van der Waals surface area contributed by atoms with E-state index in [1.54, 1.807) is 23.0 Å². The molecule has 20 heavy (non-hydrogen) atoms. The van der Waals surface area contributed by atoms with E-state index in [1.807, 2.05) is 13.2 Å². The zero-order chi connectivity index (χ0) is 14.1. The first-order valence-electron chi connectivity index (χ1n) is 6.09. The Bertz CT molecular complexity index is 668. The van der Waals surface area contributed by atoms with Gasteiger partial charge in [0.25, 0.3) is 5.91 Å². The van der Waals surface area contributed by atoms with Crippen LogP contribution in [0.25, 0.3) is 0 Å². The molecular weight excluding hydrogens is 280 g/mol. The molecule has 1 aromatic carbocycles. The van der Waals surface area contributed by atoms with Crippen molar-refractivity contribution in [3.05, 3.63) is 35.1 Å². The van der Waals surface area contributed by atoms with E-state index in [0.29, 0.717) is 23.0 Å². The zero-order valence-electron chi connectivity index (χ0n) is 10.8. The largest absolute Gasteiger partial charge is 0.482 e. The fraction of sp³-hybridized carbons (Fsp3) is 0.231. The maximum Gasteiger partial charge on any atom is 0.262 e. The lowest BCUT2D eigenvalue weighted by Gasteiger charge is -2.19. The minimum atomic E-state index is -0.176. The van der Waals surface area contributed by atoms with Crippen LogP contribution >= 0.6 is 11.6 Å². The highest BCUT2D eigenvalue weighted by Gasteiger charge is 2.18. The number of anilines is 2. The second-order valence-electron chi connectivity index (χ2n) is 4.54. The van der Waals surface area contributed by atoms with Crippen LogP contribution in [0.5, 0.6) is 5.75 Å². The van der Waals surface area contributed by atoms with Gasteiger partial charge in [0.1, 0.15) is 5.75 Å². The Hall–Kier alpha value is -2.21. The van der Waals surface area contributed by atoms with Crippen LogP contribution in [0.4, 0.5) is 11.4 Å². The van der Waals surface area contributed by atoms with Crippen molar-refractivity contribution >= 4 is 28.9 Å². The number of fused-ring (bicyclic) bond motifs is 1. The fourth-order valence-corrected chi connectivity index (χ4v) is 2.23. The molecule has 6 nitrogen and oxygen atoms in total. The Morgan fingerprint density at radius 3 is 3.15 bits per heavy atom. The Morgan fingerprint density at radius 2 is 2.40 bits per heavy atom. The SMILES string of the molecule is Cn1cc(CNc2cc3c(cc2Cl)NC(=O)CO3)cn1. The van der Waals surface area contributed by atoms with E-state index in [4.69, 9.17) is 16.3 Å². The van der Waals surface area contributed by atoms with Gasteiger partial charge in [0, 0.05) is 31.4 Å². The van der Waals surface area contributed by atoms with Gasteiger partial charge >= 0.3 is 0 Å². The summed E-state index contributed by atoms with van der Waals surface area (Å²) in [5.74, 6) is 0.437. The van der Waals surface area contributed by atoms with E-state index in [1.165, 1.54) is 0 Å². The van der Waals surface area contributed by atoms with E-state index >= 15 is 0 Å². The number of carbonyl (C=O) groups is 1. The number of hydrogen-bond donors (Lipinski definition) is 2. The summed E-state index contributed by atoms with van der Waals surface area (Å²) in [4.78, 5) is 11.2. The number of halogens is 1. The minimum Gasteiger partial charge on any atom is -0.482 e. The molecule has 0 spiro atoms. The second-order valence-corrected chi connectivity index (χ2v) is 4.95. The van der Waals surface area contributed by atoms with Crippen molar-refractivity contribution < 1.29 is 9.53 Å². The molecule has 2 aromatic rings. The van der Waals surface area contributed by atoms with Gasteiger partial charge in [0.05, 0.1) is 22.6 Å². The maximum absolute atomic E-state index is 11.2. The number of aromatic nitrogens is 2. The highest BCUT2D eigenvalue weighted by molar-refractivity contribution is 6.33. The summed E-state index contributed by atoms with van der Waals surface area (Å²) in [5.41, 5.74) is 2.40. The quantitative estimate of drug-likeness (QED) is 0.908. The molecular formula is C13H13ClN4O2. The van der Waals surface area contributed by atoms with Crippen LogP contribution in [0.1, 0.15) is 5.56 Å². The number of benzene rings is 1. The van der Waals surface area contributed by atoms with Crippen molar-refractivity contribution in [1.82, 2.24) is 9.78 Å². The summed E-state index contributed by atoms with van der Waals surface area (Å²) in [6.45, 7) is 0.634. The average Bonchev–Trinajstić information content (AvgIpc) is 2.82. The Balaban J connectivity index is 1.78. The molecule has 0 fully saturated rings. The molecule has 0 aliphatic carbocycles. The lowest BCUT2D eigenvalue weighted by molar-refractivity contribution is -0.118. The molecule has 1 aliphatic heterocycles. The van der Waals surface area contributed by atoms with Gasteiger partial charge in [0.15, 0.2) is 6.61 Å². The van der Waals surface area contributed by atoms with Crippen molar-refractivity contribution in [2.24, 2.45) is 7.05 Å². The smallest absolute Gasteiger partial charge is 0.262 e. The van der Waals surface area contributed by atoms with Crippen LogP contribution in [0.3, 0.4) is 0 Å². The minimum absolute atomic E-state index is 0.0245. The Morgan fingerprint density at radius 1 is 1.55 bits per heavy atom. The van der Waals surface area contributed by atoms with Crippen LogP contribution < -0.4 is 15.4 Å². The molecule has 0 saturated heterocycles. The monoisotopic (exact) mass is 292 g/mol. The predicted molar refractivity (Wildman–Crippen MR) is 76.1 cm³/mol. The first-order chi connectivity index (χ1) is 9.61. The summed E-state index contributed by atoms with van der Waals surface area (Å²) >= 11 is 6.19. The van der Waals surface area contributed by atoms with E-state index in [0.717, 1.165) is 11.3 Å². The molecule has 0 atom stereocenters. The van der Waals surface area contributed by atoms with Gasteiger partial charge in [0.2, 0.25) is 0 Å². The summed E-state index contributed by atoms with van der Waals surface area (Å²) < 4.78 is 7.10. The number of carbonyl (C=O) groups excluding carboxylic acids is 1. The molecule has 0 radical (unpaired) electrons. The average molecular weight is 293 g/mol. The Kier molecular flexibility index (Phi) is 3.23. The molecule has 3 rings (SSSR count).